The molecule has 172 valence electrons. The summed E-state index contributed by atoms with van der Waals surface area (Å²) in [5, 5.41) is 6.98. The first kappa shape index (κ1) is 22.6. The van der Waals surface area contributed by atoms with E-state index < -0.39 is 0 Å². The van der Waals surface area contributed by atoms with E-state index in [-0.39, 0.29) is 0 Å². The van der Waals surface area contributed by atoms with E-state index >= 15 is 0 Å². The first-order valence-corrected chi connectivity index (χ1v) is 12.2. The maximum atomic E-state index is 4.59. The molecule has 1 aromatic carbocycles. The third-order valence-electron chi connectivity index (χ3n) is 6.78. The summed E-state index contributed by atoms with van der Waals surface area (Å²) >= 11 is 0. The number of likely N-dealkylation sites (tertiary alicyclic amines) is 2. The van der Waals surface area contributed by atoms with Crippen molar-refractivity contribution < 1.29 is 0 Å². The van der Waals surface area contributed by atoms with Crippen LogP contribution in [0, 0.1) is 5.92 Å². The maximum Gasteiger partial charge on any atom is 0.193 e. The van der Waals surface area contributed by atoms with E-state index in [4.69, 9.17) is 0 Å². The van der Waals surface area contributed by atoms with Crippen LogP contribution in [0.3, 0.4) is 0 Å². The summed E-state index contributed by atoms with van der Waals surface area (Å²) < 4.78 is 0. The second-order valence-corrected chi connectivity index (χ2v) is 8.98. The Balaban J connectivity index is 1.19. The number of guanidine groups is 1. The Morgan fingerprint density at radius 1 is 1.03 bits per heavy atom. The summed E-state index contributed by atoms with van der Waals surface area (Å²) in [6.07, 6.45) is 7.92. The number of nitrogens with zero attached hydrogens (tertiary/aromatic N) is 4. The molecule has 2 unspecified atom stereocenters. The lowest BCUT2D eigenvalue weighted by molar-refractivity contribution is 0.0372. The minimum Gasteiger partial charge on any atom is -0.370 e. The molecule has 3 heterocycles. The van der Waals surface area contributed by atoms with Crippen LogP contribution in [0.4, 0.5) is 5.82 Å². The average Bonchev–Trinajstić information content (AvgIpc) is 2.85. The number of nitrogens with one attached hydrogen (secondary N) is 2. The summed E-state index contributed by atoms with van der Waals surface area (Å²) in [5.74, 6) is 2.76. The van der Waals surface area contributed by atoms with E-state index in [0.29, 0.717) is 6.04 Å². The molecule has 2 saturated heterocycles. The molecule has 2 atom stereocenters. The molecule has 2 fully saturated rings. The molecule has 0 radical (unpaired) electrons. The summed E-state index contributed by atoms with van der Waals surface area (Å²) in [6, 6.07) is 17.6. The lowest BCUT2D eigenvalue weighted by Crippen LogP contribution is -2.56. The molecule has 0 aliphatic carbocycles. The van der Waals surface area contributed by atoms with Gasteiger partial charge in [-0.25, -0.2) is 4.98 Å². The fourth-order valence-electron chi connectivity index (χ4n) is 5.18. The van der Waals surface area contributed by atoms with E-state index in [9.17, 15) is 0 Å². The molecule has 0 saturated carbocycles. The number of benzene rings is 1. The predicted molar refractivity (Wildman–Crippen MR) is 133 cm³/mol. The van der Waals surface area contributed by atoms with Crippen LogP contribution in [0.1, 0.15) is 37.7 Å². The molecule has 6 heteroatoms. The van der Waals surface area contributed by atoms with Crippen LogP contribution >= 0.6 is 0 Å². The second-order valence-electron chi connectivity index (χ2n) is 8.98. The van der Waals surface area contributed by atoms with E-state index in [0.717, 1.165) is 63.3 Å². The number of piperidine rings is 2. The number of hydrogen-bond donors (Lipinski definition) is 2. The minimum atomic E-state index is 0.705. The van der Waals surface area contributed by atoms with Crippen LogP contribution in [0.25, 0.3) is 0 Å². The maximum absolute atomic E-state index is 4.59. The van der Waals surface area contributed by atoms with Crippen LogP contribution in [0.2, 0.25) is 0 Å². The van der Waals surface area contributed by atoms with Crippen molar-refractivity contribution in [3.8, 4) is 0 Å². The van der Waals surface area contributed by atoms with Crippen LogP contribution in [0.5, 0.6) is 0 Å². The Morgan fingerprint density at radius 3 is 2.69 bits per heavy atom. The standard InChI is InChI=1S/C26H38N6/c1-27-26(30-17-8-7-16-29-25-13-5-6-15-28-25)32-19-14-24-23(21-32)12-9-18-31(24)20-22-10-3-2-4-11-22/h2-6,10-11,13,15,23-24H,7-9,12,14,16-21H2,1H3,(H,27,30)(H,28,29). The van der Waals surface area contributed by atoms with Gasteiger partial charge in [-0.1, -0.05) is 36.4 Å². The van der Waals surface area contributed by atoms with E-state index in [1.54, 1.807) is 0 Å². The zero-order chi connectivity index (χ0) is 22.0. The number of anilines is 1. The van der Waals surface area contributed by atoms with Crippen LogP contribution in [-0.2, 0) is 6.54 Å². The van der Waals surface area contributed by atoms with Crippen LogP contribution < -0.4 is 10.6 Å². The highest BCUT2D eigenvalue weighted by Crippen LogP contribution is 2.31. The Morgan fingerprint density at radius 2 is 1.88 bits per heavy atom. The Hall–Kier alpha value is -2.60. The lowest BCUT2D eigenvalue weighted by atomic mass is 9.83. The van der Waals surface area contributed by atoms with Gasteiger partial charge in [0.15, 0.2) is 5.96 Å². The normalized spacial score (nSPS) is 21.8. The Kier molecular flexibility index (Phi) is 8.37. The van der Waals surface area contributed by atoms with Crippen LogP contribution in [0.15, 0.2) is 59.7 Å². The molecule has 2 N–H and O–H groups in total. The second kappa shape index (κ2) is 11.9. The van der Waals surface area contributed by atoms with E-state index in [1.807, 2.05) is 31.4 Å². The van der Waals surface area contributed by atoms with Crippen molar-refractivity contribution in [1.29, 1.82) is 0 Å². The zero-order valence-electron chi connectivity index (χ0n) is 19.4. The molecular formula is C26H38N6. The monoisotopic (exact) mass is 434 g/mol. The number of rotatable bonds is 8. The summed E-state index contributed by atoms with van der Waals surface area (Å²) in [5.41, 5.74) is 1.44. The zero-order valence-corrected chi connectivity index (χ0v) is 19.4. The number of pyridine rings is 1. The van der Waals surface area contributed by atoms with Gasteiger partial charge in [-0.15, -0.1) is 0 Å². The van der Waals surface area contributed by atoms with Crippen LogP contribution in [-0.4, -0.2) is 66.6 Å². The summed E-state index contributed by atoms with van der Waals surface area (Å²) in [7, 11) is 1.92. The van der Waals surface area contributed by atoms with Crippen molar-refractivity contribution in [2.45, 2.75) is 44.7 Å². The molecule has 0 bridgehead atoms. The lowest BCUT2D eigenvalue weighted by Gasteiger charge is -2.48. The quantitative estimate of drug-likeness (QED) is 0.376. The number of unbranched alkanes of at least 4 members (excludes halogenated alkanes) is 1. The first-order valence-electron chi connectivity index (χ1n) is 12.2. The van der Waals surface area contributed by atoms with Gasteiger partial charge in [-0.2, -0.15) is 0 Å². The average molecular weight is 435 g/mol. The van der Waals surface area contributed by atoms with Crippen molar-refractivity contribution in [3.63, 3.8) is 0 Å². The van der Waals surface area contributed by atoms with Crippen molar-refractivity contribution in [1.82, 2.24) is 20.1 Å². The summed E-state index contributed by atoms with van der Waals surface area (Å²) in [6.45, 7) is 6.44. The molecule has 0 amide bonds. The van der Waals surface area contributed by atoms with Gasteiger partial charge in [0.05, 0.1) is 0 Å². The molecule has 1 aromatic heterocycles. The molecule has 32 heavy (non-hydrogen) atoms. The fourth-order valence-corrected chi connectivity index (χ4v) is 5.18. The van der Waals surface area contributed by atoms with Gasteiger partial charge in [0, 0.05) is 52.0 Å². The molecule has 2 aliphatic heterocycles. The number of aromatic nitrogens is 1. The predicted octanol–water partition coefficient (Wildman–Crippen LogP) is 3.84. The topological polar surface area (TPSA) is 55.8 Å². The third kappa shape index (κ3) is 6.22. The smallest absolute Gasteiger partial charge is 0.193 e. The number of hydrogen-bond acceptors (Lipinski definition) is 4. The van der Waals surface area contributed by atoms with Crippen molar-refractivity contribution in [2.75, 3.05) is 45.1 Å². The van der Waals surface area contributed by atoms with Gasteiger partial charge >= 0.3 is 0 Å². The first-order chi connectivity index (χ1) is 15.8. The molecule has 2 aromatic rings. The highest BCUT2D eigenvalue weighted by Gasteiger charge is 2.36. The molecule has 6 nitrogen and oxygen atoms in total. The fraction of sp³-hybridized carbons (Fsp3) is 0.538. The van der Waals surface area contributed by atoms with Gasteiger partial charge in [-0.05, 0) is 62.3 Å². The van der Waals surface area contributed by atoms with Gasteiger partial charge in [0.1, 0.15) is 5.82 Å². The molecular weight excluding hydrogens is 396 g/mol. The Bertz CT molecular complexity index is 825. The van der Waals surface area contributed by atoms with E-state index in [2.05, 4.69) is 60.7 Å². The van der Waals surface area contributed by atoms with Gasteiger partial charge < -0.3 is 15.5 Å². The van der Waals surface area contributed by atoms with Gasteiger partial charge in [0.25, 0.3) is 0 Å². The van der Waals surface area contributed by atoms with Gasteiger partial charge in [0.2, 0.25) is 0 Å². The third-order valence-corrected chi connectivity index (χ3v) is 6.78. The minimum absolute atomic E-state index is 0.705. The molecule has 2 aliphatic rings. The van der Waals surface area contributed by atoms with Crippen molar-refractivity contribution >= 4 is 11.8 Å². The Labute approximate surface area is 193 Å². The van der Waals surface area contributed by atoms with Crippen molar-refractivity contribution in [2.24, 2.45) is 10.9 Å². The van der Waals surface area contributed by atoms with Gasteiger partial charge in [-0.3, -0.25) is 9.89 Å². The SMILES string of the molecule is CN=C(NCCCCNc1ccccn1)N1CCC2C(CCCN2Cc2ccccc2)C1. The highest BCUT2D eigenvalue weighted by atomic mass is 15.3. The molecule has 0 spiro atoms. The molecule has 4 rings (SSSR count). The largest absolute Gasteiger partial charge is 0.370 e. The number of fused-ring (bicyclic) bond motifs is 1. The van der Waals surface area contributed by atoms with E-state index in [1.165, 1.54) is 31.4 Å². The summed E-state index contributed by atoms with van der Waals surface area (Å²) in [4.78, 5) is 14.1. The van der Waals surface area contributed by atoms with Crippen molar-refractivity contribution in [3.05, 3.63) is 60.3 Å². The number of aliphatic imine (C=N–C) groups is 1. The highest BCUT2D eigenvalue weighted by molar-refractivity contribution is 5.80.